The number of hydrogen-bond donors (Lipinski definition) is 1. The number of benzene rings is 1. The number of nitrogens with zero attached hydrogens (tertiary/aromatic N) is 2. The standard InChI is InChI=1S/C14H17N3O2/c1-19-14(18)8-5-9-15-12-10-16-17(11-12)13-6-3-2-4-7-13/h2-4,6-7,10-11,15H,5,8-9H2,1H3. The van der Waals surface area contributed by atoms with Crippen LogP contribution in [0.2, 0.25) is 0 Å². The number of anilines is 1. The molecule has 19 heavy (non-hydrogen) atoms. The summed E-state index contributed by atoms with van der Waals surface area (Å²) >= 11 is 0. The number of para-hydroxylation sites is 1. The first-order valence-electron chi connectivity index (χ1n) is 6.20. The van der Waals surface area contributed by atoms with Gasteiger partial charge in [-0.1, -0.05) is 18.2 Å². The van der Waals surface area contributed by atoms with E-state index in [-0.39, 0.29) is 5.97 Å². The smallest absolute Gasteiger partial charge is 0.305 e. The number of carbonyl (C=O) groups excluding carboxylic acids is 1. The zero-order valence-electron chi connectivity index (χ0n) is 10.9. The van der Waals surface area contributed by atoms with E-state index in [4.69, 9.17) is 0 Å². The van der Waals surface area contributed by atoms with Crippen LogP contribution in [0.15, 0.2) is 42.7 Å². The Balaban J connectivity index is 1.83. The second-order valence-electron chi connectivity index (χ2n) is 4.12. The molecular weight excluding hydrogens is 242 g/mol. The van der Waals surface area contributed by atoms with E-state index < -0.39 is 0 Å². The van der Waals surface area contributed by atoms with Crippen molar-refractivity contribution in [2.24, 2.45) is 0 Å². The van der Waals surface area contributed by atoms with Crippen molar-refractivity contribution >= 4 is 11.7 Å². The van der Waals surface area contributed by atoms with Crippen LogP contribution in [-0.4, -0.2) is 29.4 Å². The van der Waals surface area contributed by atoms with Crippen LogP contribution >= 0.6 is 0 Å². The summed E-state index contributed by atoms with van der Waals surface area (Å²) < 4.78 is 6.39. The van der Waals surface area contributed by atoms with E-state index in [2.05, 4.69) is 15.2 Å². The highest BCUT2D eigenvalue weighted by Crippen LogP contribution is 2.11. The van der Waals surface area contributed by atoms with Crippen molar-refractivity contribution < 1.29 is 9.53 Å². The van der Waals surface area contributed by atoms with E-state index in [1.54, 1.807) is 6.20 Å². The predicted octanol–water partition coefficient (Wildman–Crippen LogP) is 2.24. The summed E-state index contributed by atoms with van der Waals surface area (Å²) in [6.45, 7) is 0.718. The maximum absolute atomic E-state index is 10.9. The molecular formula is C14H17N3O2. The van der Waals surface area contributed by atoms with Gasteiger partial charge < -0.3 is 10.1 Å². The molecule has 0 radical (unpaired) electrons. The fraction of sp³-hybridized carbons (Fsp3) is 0.286. The molecule has 0 unspecified atom stereocenters. The molecule has 100 valence electrons. The molecule has 0 bridgehead atoms. The molecule has 0 aliphatic rings. The van der Waals surface area contributed by atoms with Gasteiger partial charge in [0, 0.05) is 13.0 Å². The van der Waals surface area contributed by atoms with Crippen LogP contribution in [0.4, 0.5) is 5.69 Å². The largest absolute Gasteiger partial charge is 0.469 e. The molecule has 0 spiro atoms. The molecule has 1 heterocycles. The van der Waals surface area contributed by atoms with Crippen LogP contribution in [0.5, 0.6) is 0 Å². The lowest BCUT2D eigenvalue weighted by molar-refractivity contribution is -0.140. The maximum Gasteiger partial charge on any atom is 0.305 e. The van der Waals surface area contributed by atoms with E-state index in [9.17, 15) is 4.79 Å². The number of ether oxygens (including phenoxy) is 1. The van der Waals surface area contributed by atoms with Gasteiger partial charge >= 0.3 is 5.97 Å². The van der Waals surface area contributed by atoms with Crippen LogP contribution < -0.4 is 5.32 Å². The first kappa shape index (κ1) is 13.1. The summed E-state index contributed by atoms with van der Waals surface area (Å²) in [7, 11) is 1.40. The number of esters is 1. The van der Waals surface area contributed by atoms with Crippen molar-refractivity contribution in [2.75, 3.05) is 19.0 Å². The highest BCUT2D eigenvalue weighted by Gasteiger charge is 2.01. The Morgan fingerprint density at radius 3 is 2.89 bits per heavy atom. The molecule has 1 aromatic carbocycles. The Morgan fingerprint density at radius 1 is 1.37 bits per heavy atom. The number of methoxy groups -OCH3 is 1. The third-order valence-electron chi connectivity index (χ3n) is 2.72. The molecule has 1 aromatic heterocycles. The van der Waals surface area contributed by atoms with E-state index in [1.165, 1.54) is 7.11 Å². The summed E-state index contributed by atoms with van der Waals surface area (Å²) in [5, 5.41) is 7.50. The van der Waals surface area contributed by atoms with Gasteiger partial charge in [-0.05, 0) is 18.6 Å². The lowest BCUT2D eigenvalue weighted by atomic mass is 10.3. The number of carbonyl (C=O) groups is 1. The molecule has 5 heteroatoms. The monoisotopic (exact) mass is 259 g/mol. The quantitative estimate of drug-likeness (QED) is 0.638. The lowest BCUT2D eigenvalue weighted by Gasteiger charge is -2.02. The molecule has 0 amide bonds. The van der Waals surface area contributed by atoms with Gasteiger partial charge in [-0.2, -0.15) is 5.10 Å². The Bertz CT molecular complexity index is 522. The van der Waals surface area contributed by atoms with Crippen LogP contribution in [0.1, 0.15) is 12.8 Å². The number of rotatable bonds is 6. The third kappa shape index (κ3) is 3.84. The SMILES string of the molecule is COC(=O)CCCNc1cnn(-c2ccccc2)c1. The minimum Gasteiger partial charge on any atom is -0.469 e. The molecule has 5 nitrogen and oxygen atoms in total. The molecule has 0 saturated heterocycles. The zero-order chi connectivity index (χ0) is 13.5. The average molecular weight is 259 g/mol. The fourth-order valence-corrected chi connectivity index (χ4v) is 1.70. The molecule has 0 saturated carbocycles. The summed E-state index contributed by atoms with van der Waals surface area (Å²) in [5.41, 5.74) is 1.96. The van der Waals surface area contributed by atoms with E-state index >= 15 is 0 Å². The van der Waals surface area contributed by atoms with Gasteiger partial charge in [0.15, 0.2) is 0 Å². The Hall–Kier alpha value is -2.30. The van der Waals surface area contributed by atoms with Crippen molar-refractivity contribution in [3.63, 3.8) is 0 Å². The predicted molar refractivity (Wildman–Crippen MR) is 73.3 cm³/mol. The van der Waals surface area contributed by atoms with Gasteiger partial charge in [0.2, 0.25) is 0 Å². The normalized spacial score (nSPS) is 10.2. The van der Waals surface area contributed by atoms with Gasteiger partial charge in [0.05, 0.1) is 30.9 Å². The molecule has 0 aliphatic heterocycles. The number of hydrogen-bond acceptors (Lipinski definition) is 4. The molecule has 2 aromatic rings. The minimum absolute atomic E-state index is 0.179. The van der Waals surface area contributed by atoms with Gasteiger partial charge in [-0.3, -0.25) is 4.79 Å². The van der Waals surface area contributed by atoms with Crippen molar-refractivity contribution in [1.82, 2.24) is 9.78 Å². The summed E-state index contributed by atoms with van der Waals surface area (Å²) in [4.78, 5) is 10.9. The molecule has 0 fully saturated rings. The summed E-state index contributed by atoms with van der Waals surface area (Å²) in [6.07, 6.45) is 4.86. The summed E-state index contributed by atoms with van der Waals surface area (Å²) in [5.74, 6) is -0.179. The Kier molecular flexibility index (Phi) is 4.55. The second kappa shape index (κ2) is 6.58. The van der Waals surface area contributed by atoms with Crippen LogP contribution in [-0.2, 0) is 9.53 Å². The van der Waals surface area contributed by atoms with Crippen LogP contribution in [0, 0.1) is 0 Å². The third-order valence-corrected chi connectivity index (χ3v) is 2.72. The first-order chi connectivity index (χ1) is 9.29. The average Bonchev–Trinajstić information content (AvgIpc) is 2.93. The Morgan fingerprint density at radius 2 is 2.16 bits per heavy atom. The van der Waals surface area contributed by atoms with E-state index in [0.29, 0.717) is 6.42 Å². The minimum atomic E-state index is -0.179. The second-order valence-corrected chi connectivity index (χ2v) is 4.12. The highest BCUT2D eigenvalue weighted by atomic mass is 16.5. The maximum atomic E-state index is 10.9. The van der Waals surface area contributed by atoms with Gasteiger partial charge in [0.1, 0.15) is 0 Å². The topological polar surface area (TPSA) is 56.1 Å². The number of nitrogens with one attached hydrogen (secondary N) is 1. The van der Waals surface area contributed by atoms with Crippen molar-refractivity contribution in [2.45, 2.75) is 12.8 Å². The highest BCUT2D eigenvalue weighted by molar-refractivity contribution is 5.69. The van der Waals surface area contributed by atoms with Gasteiger partial charge in [-0.15, -0.1) is 0 Å². The lowest BCUT2D eigenvalue weighted by Crippen LogP contribution is -2.06. The van der Waals surface area contributed by atoms with Gasteiger partial charge in [0.25, 0.3) is 0 Å². The van der Waals surface area contributed by atoms with Gasteiger partial charge in [-0.25, -0.2) is 4.68 Å². The van der Waals surface area contributed by atoms with Crippen molar-refractivity contribution in [3.8, 4) is 5.69 Å². The van der Waals surface area contributed by atoms with Crippen molar-refractivity contribution in [3.05, 3.63) is 42.7 Å². The molecule has 0 aliphatic carbocycles. The Labute approximate surface area is 112 Å². The van der Waals surface area contributed by atoms with Crippen LogP contribution in [0.3, 0.4) is 0 Å². The number of aromatic nitrogens is 2. The van der Waals surface area contributed by atoms with E-state index in [1.807, 2.05) is 41.2 Å². The fourth-order valence-electron chi connectivity index (χ4n) is 1.70. The molecule has 1 N–H and O–H groups in total. The summed E-state index contributed by atoms with van der Waals surface area (Å²) in [6, 6.07) is 9.90. The van der Waals surface area contributed by atoms with Crippen LogP contribution in [0.25, 0.3) is 5.69 Å². The van der Waals surface area contributed by atoms with E-state index in [0.717, 1.165) is 24.3 Å². The molecule has 2 rings (SSSR count). The zero-order valence-corrected chi connectivity index (χ0v) is 10.9. The van der Waals surface area contributed by atoms with Crippen molar-refractivity contribution in [1.29, 1.82) is 0 Å². The molecule has 0 atom stereocenters. The first-order valence-corrected chi connectivity index (χ1v) is 6.20.